The van der Waals surface area contributed by atoms with Crippen molar-refractivity contribution in [3.8, 4) is 0 Å². The van der Waals surface area contributed by atoms with Crippen LogP contribution in [-0.4, -0.2) is 130 Å². The summed E-state index contributed by atoms with van der Waals surface area (Å²) in [6, 6.07) is 0. The molecule has 526 valence electrons. The monoisotopic (exact) mass is 1880 g/mol. The van der Waals surface area contributed by atoms with Gasteiger partial charge in [0.15, 0.2) is 0 Å². The van der Waals surface area contributed by atoms with Crippen molar-refractivity contribution in [1.29, 1.82) is 0 Å². The molecule has 0 amide bonds. The van der Waals surface area contributed by atoms with Crippen LogP contribution in [0.5, 0.6) is 0 Å². The van der Waals surface area contributed by atoms with Crippen LogP contribution in [0.25, 0.3) is 0 Å². The first-order valence-corrected chi connectivity index (χ1v) is 36.9. The quantitative estimate of drug-likeness (QED) is 0.0123. The van der Waals surface area contributed by atoms with Crippen molar-refractivity contribution in [1.82, 2.24) is 63.8 Å². The van der Waals surface area contributed by atoms with E-state index < -0.39 is 0 Å². The van der Waals surface area contributed by atoms with E-state index in [0.717, 1.165) is 156 Å². The Morgan fingerprint density at radius 2 is 0.202 bits per heavy atom. The van der Waals surface area contributed by atoms with Gasteiger partial charge in [-0.1, -0.05) is 129 Å². The molecular formula is C48H84Fe2N12Ni3S24. The minimum atomic E-state index is 0. The SMILES string of the molecule is S=C([S-])NCCCCCCNC(=S)[S-].S=C([S-])NCCCCCCNC(=S)[S-].S=C([S-])NCCCCCCNC(=S)[S-].S=C([S-])NCCCCCCNC(=S)[S-].S=C([S-])NCCCCCCNC(=S)[S-].S=C([S-])NCCCCCCNC(=S)[S-].[Fe+3].[Fe+3].[Ni+2].[Ni+2].[Ni+2]. The summed E-state index contributed by atoms with van der Waals surface area (Å²) in [7, 11) is 0. The van der Waals surface area contributed by atoms with Gasteiger partial charge in [-0.25, -0.2) is 0 Å². The third kappa shape index (κ3) is 152. The van der Waals surface area contributed by atoms with Crippen molar-refractivity contribution in [2.24, 2.45) is 0 Å². The van der Waals surface area contributed by atoms with Crippen LogP contribution in [0.3, 0.4) is 0 Å². The summed E-state index contributed by atoms with van der Waals surface area (Å²) < 4.78 is 5.53. The topological polar surface area (TPSA) is 144 Å². The zero-order valence-corrected chi connectivity index (χ0v) is 73.7. The van der Waals surface area contributed by atoms with Gasteiger partial charge in [-0.15, -0.1) is 0 Å². The molecule has 0 saturated heterocycles. The van der Waals surface area contributed by atoms with Crippen molar-refractivity contribution in [3.63, 3.8) is 0 Å². The van der Waals surface area contributed by atoms with Crippen LogP contribution in [0.15, 0.2) is 0 Å². The smallest absolute Gasteiger partial charge is 0.412 e. The molecule has 0 spiro atoms. The van der Waals surface area contributed by atoms with E-state index in [1.807, 2.05) is 0 Å². The second kappa shape index (κ2) is 98.2. The maximum absolute atomic E-state index is 4.71. The zero-order chi connectivity index (χ0) is 64.9. The average molecular weight is 1890 g/mol. The van der Waals surface area contributed by atoms with Gasteiger partial charge in [0.2, 0.25) is 0 Å². The minimum Gasteiger partial charge on any atom is -0.412 e. The molecule has 0 bridgehead atoms. The maximum atomic E-state index is 4.71. The summed E-state index contributed by atoms with van der Waals surface area (Å²) in [5.74, 6) is 0. The largest absolute Gasteiger partial charge is 3.00 e. The third-order valence-corrected chi connectivity index (χ3v) is 13.3. The van der Waals surface area contributed by atoms with Crippen LogP contribution < -0.4 is 63.8 Å². The van der Waals surface area contributed by atoms with Crippen LogP contribution in [-0.2, 0) is 235 Å². The van der Waals surface area contributed by atoms with Crippen LogP contribution in [0.2, 0.25) is 0 Å². The van der Waals surface area contributed by atoms with E-state index in [1.54, 1.807) is 0 Å². The van der Waals surface area contributed by atoms with E-state index in [4.69, 9.17) is 298 Å². The molecule has 0 unspecified atom stereocenters. The van der Waals surface area contributed by atoms with Crippen molar-refractivity contribution in [2.45, 2.75) is 154 Å². The van der Waals surface area contributed by atoms with Gasteiger partial charge in [-0.2, -0.15) is 0 Å². The molecule has 0 aliphatic heterocycles. The Balaban J connectivity index is -0.0000000901. The molecule has 0 heterocycles. The summed E-state index contributed by atoms with van der Waals surface area (Å²) >= 11 is 113. The molecule has 0 aliphatic carbocycles. The van der Waals surface area contributed by atoms with Crippen LogP contribution in [0.1, 0.15) is 154 Å². The van der Waals surface area contributed by atoms with E-state index in [0.29, 0.717) is 51.8 Å². The number of hydrogen-bond donors (Lipinski definition) is 12. The number of rotatable bonds is 42. The first-order valence-electron chi connectivity index (χ1n) is 27.1. The molecule has 12 N–H and O–H groups in total. The molecule has 0 rings (SSSR count). The molecule has 0 fully saturated rings. The average Bonchev–Trinajstić information content (AvgIpc) is 3.38. The molecule has 41 heteroatoms. The van der Waals surface area contributed by atoms with Crippen molar-refractivity contribution in [3.05, 3.63) is 0 Å². The zero-order valence-electron chi connectivity index (χ0n) is 48.9. The van der Waals surface area contributed by atoms with Crippen molar-refractivity contribution in [2.75, 3.05) is 78.5 Å². The van der Waals surface area contributed by atoms with Gasteiger partial charge in [0, 0.05) is 78.5 Å². The Labute approximate surface area is 719 Å². The molecule has 12 nitrogen and oxygen atoms in total. The standard InChI is InChI=1S/6C8H16N2S4.2Fe.3Ni/c6*11-7(12)9-5-3-1-2-4-6-10-8(13)14;;;;;/h6*1-6H2,(H2,9,11,12)(H2,10,13,14);;;;;/q;;;;;;2*+3;3*+2/p-12. The summed E-state index contributed by atoms with van der Waals surface area (Å²) in [5, 5.41) is 35.4. The summed E-state index contributed by atoms with van der Waals surface area (Å²) in [6.07, 6.45) is 27.4. The minimum absolute atomic E-state index is 0. The fourth-order valence-corrected chi connectivity index (χ4v) is 8.36. The fourth-order valence-electron chi connectivity index (χ4n) is 5.91. The van der Waals surface area contributed by atoms with Crippen LogP contribution >= 0.6 is 147 Å². The molecule has 2 radical (unpaired) electrons. The Morgan fingerprint density at radius 1 is 0.146 bits per heavy atom. The van der Waals surface area contributed by atoms with Gasteiger partial charge >= 0.3 is 83.6 Å². The Hall–Kier alpha value is 3.84. The number of unbranched alkanes of at least 4 members (excludes halogenated alkanes) is 18. The molecule has 0 aliphatic rings. The second-order valence-corrected chi connectivity index (χ2v) is 30.0. The Kier molecular flexibility index (Phi) is 129. The normalized spacial score (nSPS) is 8.90. The van der Waals surface area contributed by atoms with Crippen LogP contribution in [0, 0.1) is 0 Å². The summed E-state index contributed by atoms with van der Waals surface area (Å²) in [4.78, 5) is 0. The predicted molar refractivity (Wildman–Crippen MR) is 446 cm³/mol. The van der Waals surface area contributed by atoms with Crippen molar-refractivity contribution >= 4 is 350 Å². The first-order chi connectivity index (χ1) is 39.8. The molecule has 0 atom stereocenters. The number of thiocarbonyl (C=S) groups is 12. The van der Waals surface area contributed by atoms with Gasteiger partial charge < -0.3 is 362 Å². The van der Waals surface area contributed by atoms with Gasteiger partial charge in [0.1, 0.15) is 0 Å². The van der Waals surface area contributed by atoms with E-state index in [2.05, 4.69) is 63.8 Å². The predicted octanol–water partition coefficient (Wildman–Crippen LogP) is 8.33. The first kappa shape index (κ1) is 117. The molecule has 0 aromatic heterocycles. The number of nitrogens with one attached hydrogen (secondary N) is 12. The van der Waals surface area contributed by atoms with E-state index in [9.17, 15) is 0 Å². The molecule has 0 aromatic rings. The summed E-state index contributed by atoms with van der Waals surface area (Å²) in [5.41, 5.74) is 0. The molecule has 89 heavy (non-hydrogen) atoms. The Morgan fingerprint density at radius 3 is 0.247 bits per heavy atom. The maximum Gasteiger partial charge on any atom is 3.00 e. The van der Waals surface area contributed by atoms with Gasteiger partial charge in [0.05, 0.1) is 0 Å². The Bertz CT molecular complexity index is 1330. The van der Waals surface area contributed by atoms with Crippen molar-refractivity contribution < 1.29 is 83.6 Å². The van der Waals surface area contributed by atoms with Gasteiger partial charge in [-0.05, 0) is 77.0 Å². The van der Waals surface area contributed by atoms with E-state index in [1.165, 1.54) is 77.0 Å². The number of hydrogen-bond acceptors (Lipinski definition) is 24. The molecule has 0 saturated carbocycles. The second-order valence-electron chi connectivity index (χ2n) is 17.1. The van der Waals surface area contributed by atoms with Gasteiger partial charge in [0.25, 0.3) is 0 Å². The van der Waals surface area contributed by atoms with Crippen LogP contribution in [0.4, 0.5) is 0 Å². The van der Waals surface area contributed by atoms with E-state index in [-0.39, 0.29) is 83.6 Å². The third-order valence-electron chi connectivity index (χ3n) is 9.85. The molecular weight excluding hydrogens is 1800 g/mol. The van der Waals surface area contributed by atoms with Gasteiger partial charge in [-0.3, -0.25) is 0 Å². The molecule has 0 aromatic carbocycles. The fraction of sp³-hybridized carbons (Fsp3) is 0.750. The summed E-state index contributed by atoms with van der Waals surface area (Å²) in [6.45, 7) is 10.6. The van der Waals surface area contributed by atoms with E-state index >= 15 is 0 Å².